The molecule has 1 aromatic heterocycles. The van der Waals surface area contributed by atoms with Gasteiger partial charge >= 0.3 is 0 Å². The topological polar surface area (TPSA) is 77.2 Å². The number of para-hydroxylation sites is 2. The van der Waals surface area contributed by atoms with Crippen LogP contribution in [0.15, 0.2) is 58.2 Å². The van der Waals surface area contributed by atoms with Crippen LogP contribution in [-0.4, -0.2) is 29.0 Å². The van der Waals surface area contributed by atoms with Gasteiger partial charge in [0.25, 0.3) is 5.22 Å². The van der Waals surface area contributed by atoms with Gasteiger partial charge in [-0.3, -0.25) is 4.79 Å². The molecule has 3 rings (SSSR count). The Balaban J connectivity index is 1.58. The number of anilines is 1. The zero-order chi connectivity index (χ0) is 17.6. The molecule has 2 aromatic carbocycles. The van der Waals surface area contributed by atoms with Gasteiger partial charge in [-0.05, 0) is 36.4 Å². The van der Waals surface area contributed by atoms with Crippen LogP contribution in [0, 0.1) is 0 Å². The van der Waals surface area contributed by atoms with Crippen molar-refractivity contribution in [1.82, 2.24) is 10.2 Å². The van der Waals surface area contributed by atoms with Gasteiger partial charge in [-0.15, -0.1) is 10.2 Å². The Kier molecular flexibility index (Phi) is 5.57. The minimum absolute atomic E-state index is 0.139. The predicted molar refractivity (Wildman–Crippen MR) is 97.1 cm³/mol. The molecule has 0 aliphatic heterocycles. The minimum Gasteiger partial charge on any atom is -0.495 e. The summed E-state index contributed by atoms with van der Waals surface area (Å²) >= 11 is 7.01. The zero-order valence-electron chi connectivity index (χ0n) is 13.2. The molecule has 1 heterocycles. The van der Waals surface area contributed by atoms with Crippen molar-refractivity contribution in [3.05, 3.63) is 53.6 Å². The van der Waals surface area contributed by atoms with Gasteiger partial charge in [-0.25, -0.2) is 0 Å². The van der Waals surface area contributed by atoms with Crippen LogP contribution >= 0.6 is 23.4 Å². The Morgan fingerprint density at radius 2 is 1.96 bits per heavy atom. The summed E-state index contributed by atoms with van der Waals surface area (Å²) in [5.74, 6) is 0.925. The maximum atomic E-state index is 12.1. The van der Waals surface area contributed by atoms with E-state index in [1.54, 1.807) is 43.5 Å². The van der Waals surface area contributed by atoms with E-state index in [1.165, 1.54) is 0 Å². The van der Waals surface area contributed by atoms with Gasteiger partial charge in [0.05, 0.1) is 18.6 Å². The number of hydrogen-bond acceptors (Lipinski definition) is 6. The smallest absolute Gasteiger partial charge is 0.277 e. The standard InChI is InChI=1S/C17H14ClN3O3S/c1-23-14-5-3-2-4-13(14)19-15(22)10-25-17-21-20-16(24-17)11-6-8-12(18)9-7-11/h2-9H,10H2,1H3,(H,19,22). The number of rotatable bonds is 6. The molecule has 8 heteroatoms. The molecule has 0 radical (unpaired) electrons. The van der Waals surface area contributed by atoms with E-state index in [0.29, 0.717) is 27.6 Å². The van der Waals surface area contributed by atoms with Crippen molar-refractivity contribution in [1.29, 1.82) is 0 Å². The summed E-state index contributed by atoms with van der Waals surface area (Å²) in [5.41, 5.74) is 1.38. The van der Waals surface area contributed by atoms with Crippen molar-refractivity contribution in [2.24, 2.45) is 0 Å². The quantitative estimate of drug-likeness (QED) is 0.653. The minimum atomic E-state index is -0.194. The number of nitrogens with zero attached hydrogens (tertiary/aromatic N) is 2. The Hall–Kier alpha value is -2.51. The van der Waals surface area contributed by atoms with E-state index in [1.807, 2.05) is 12.1 Å². The lowest BCUT2D eigenvalue weighted by atomic mass is 10.2. The van der Waals surface area contributed by atoms with Crippen LogP contribution in [0.3, 0.4) is 0 Å². The third kappa shape index (κ3) is 4.52. The lowest BCUT2D eigenvalue weighted by Crippen LogP contribution is -2.14. The number of halogens is 1. The second-order valence-electron chi connectivity index (χ2n) is 4.92. The molecule has 6 nitrogen and oxygen atoms in total. The number of hydrogen-bond donors (Lipinski definition) is 1. The molecular weight excluding hydrogens is 362 g/mol. The monoisotopic (exact) mass is 375 g/mol. The van der Waals surface area contributed by atoms with E-state index in [-0.39, 0.29) is 11.7 Å². The summed E-state index contributed by atoms with van der Waals surface area (Å²) in [5, 5.41) is 11.6. The molecule has 25 heavy (non-hydrogen) atoms. The van der Waals surface area contributed by atoms with E-state index in [2.05, 4.69) is 15.5 Å². The van der Waals surface area contributed by atoms with Crippen molar-refractivity contribution in [2.75, 3.05) is 18.2 Å². The number of carbonyl (C=O) groups is 1. The van der Waals surface area contributed by atoms with Crippen LogP contribution in [0.4, 0.5) is 5.69 Å². The van der Waals surface area contributed by atoms with Crippen molar-refractivity contribution in [3.8, 4) is 17.2 Å². The van der Waals surface area contributed by atoms with Gasteiger partial charge in [0, 0.05) is 10.6 Å². The number of ether oxygens (including phenoxy) is 1. The lowest BCUT2D eigenvalue weighted by Gasteiger charge is -2.08. The average molecular weight is 376 g/mol. The van der Waals surface area contributed by atoms with Gasteiger partial charge < -0.3 is 14.5 Å². The second kappa shape index (κ2) is 8.04. The maximum absolute atomic E-state index is 12.1. The number of aromatic nitrogens is 2. The molecule has 0 spiro atoms. The van der Waals surface area contributed by atoms with Crippen molar-refractivity contribution in [3.63, 3.8) is 0 Å². The maximum Gasteiger partial charge on any atom is 0.277 e. The number of nitrogens with one attached hydrogen (secondary N) is 1. The normalized spacial score (nSPS) is 10.5. The van der Waals surface area contributed by atoms with E-state index in [9.17, 15) is 4.79 Å². The first-order valence-electron chi connectivity index (χ1n) is 7.31. The average Bonchev–Trinajstić information content (AvgIpc) is 3.10. The number of thioether (sulfide) groups is 1. The SMILES string of the molecule is COc1ccccc1NC(=O)CSc1nnc(-c2ccc(Cl)cc2)o1. The molecule has 0 saturated heterocycles. The van der Waals surface area contributed by atoms with E-state index in [4.69, 9.17) is 20.8 Å². The molecule has 0 aliphatic rings. The first kappa shape index (κ1) is 17.3. The van der Waals surface area contributed by atoms with E-state index in [0.717, 1.165) is 17.3 Å². The van der Waals surface area contributed by atoms with Crippen molar-refractivity contribution in [2.45, 2.75) is 5.22 Å². The fraction of sp³-hybridized carbons (Fsp3) is 0.118. The summed E-state index contributed by atoms with van der Waals surface area (Å²) in [6.07, 6.45) is 0. The van der Waals surface area contributed by atoms with Crippen LogP contribution in [0.1, 0.15) is 0 Å². The third-order valence-corrected chi connectivity index (χ3v) is 4.28. The number of carbonyl (C=O) groups excluding carboxylic acids is 1. The molecule has 1 amide bonds. The van der Waals surface area contributed by atoms with Gasteiger partial charge in [-0.1, -0.05) is 35.5 Å². The summed E-state index contributed by atoms with van der Waals surface area (Å²) < 4.78 is 10.7. The highest BCUT2D eigenvalue weighted by atomic mass is 35.5. The first-order valence-corrected chi connectivity index (χ1v) is 8.67. The summed E-state index contributed by atoms with van der Waals surface area (Å²) in [7, 11) is 1.55. The highest BCUT2D eigenvalue weighted by Gasteiger charge is 2.12. The zero-order valence-corrected chi connectivity index (χ0v) is 14.8. The van der Waals surface area contributed by atoms with Gasteiger partial charge in [-0.2, -0.15) is 0 Å². The van der Waals surface area contributed by atoms with E-state index < -0.39 is 0 Å². The van der Waals surface area contributed by atoms with Crippen LogP contribution in [0.2, 0.25) is 5.02 Å². The van der Waals surface area contributed by atoms with Crippen LogP contribution in [0.5, 0.6) is 5.75 Å². The molecule has 0 aliphatic carbocycles. The third-order valence-electron chi connectivity index (χ3n) is 3.21. The molecule has 0 atom stereocenters. The number of amides is 1. The Bertz CT molecular complexity index is 868. The molecule has 0 fully saturated rings. The molecule has 0 unspecified atom stereocenters. The van der Waals surface area contributed by atoms with Crippen molar-refractivity contribution >= 4 is 35.0 Å². The van der Waals surface area contributed by atoms with Gasteiger partial charge in [0.15, 0.2) is 0 Å². The predicted octanol–water partition coefficient (Wildman–Crippen LogP) is 4.13. The lowest BCUT2D eigenvalue weighted by molar-refractivity contribution is -0.113. The highest BCUT2D eigenvalue weighted by molar-refractivity contribution is 7.99. The molecule has 0 saturated carbocycles. The largest absolute Gasteiger partial charge is 0.495 e. The number of methoxy groups -OCH3 is 1. The summed E-state index contributed by atoms with van der Waals surface area (Å²) in [6, 6.07) is 14.3. The number of benzene rings is 2. The van der Waals surface area contributed by atoms with Crippen LogP contribution in [-0.2, 0) is 4.79 Å². The molecule has 128 valence electrons. The summed E-state index contributed by atoms with van der Waals surface area (Å²) in [6.45, 7) is 0. The van der Waals surface area contributed by atoms with Crippen LogP contribution < -0.4 is 10.1 Å². The van der Waals surface area contributed by atoms with Crippen molar-refractivity contribution < 1.29 is 13.9 Å². The molecule has 1 N–H and O–H groups in total. The van der Waals surface area contributed by atoms with Gasteiger partial charge in [0.1, 0.15) is 5.75 Å². The first-order chi connectivity index (χ1) is 12.2. The molecule has 3 aromatic rings. The second-order valence-corrected chi connectivity index (χ2v) is 6.28. The van der Waals surface area contributed by atoms with Crippen LogP contribution in [0.25, 0.3) is 11.5 Å². The Labute approximate surface area is 153 Å². The van der Waals surface area contributed by atoms with Gasteiger partial charge in [0.2, 0.25) is 11.8 Å². The molecule has 0 bridgehead atoms. The summed E-state index contributed by atoms with van der Waals surface area (Å²) in [4.78, 5) is 12.1. The Morgan fingerprint density at radius 1 is 1.20 bits per heavy atom. The highest BCUT2D eigenvalue weighted by Crippen LogP contribution is 2.26. The fourth-order valence-corrected chi connectivity index (χ4v) is 2.73. The molecular formula is C17H14ClN3O3S. The van der Waals surface area contributed by atoms with E-state index >= 15 is 0 Å². The fourth-order valence-electron chi connectivity index (χ4n) is 2.04. The Morgan fingerprint density at radius 3 is 2.72 bits per heavy atom.